The Morgan fingerprint density at radius 1 is 1.00 bits per heavy atom. The first-order chi connectivity index (χ1) is 18.4. The maximum Gasteiger partial charge on any atom is 0.343 e. The van der Waals surface area contributed by atoms with E-state index in [9.17, 15) is 24.5 Å². The molecule has 0 bridgehead atoms. The lowest BCUT2D eigenvalue weighted by molar-refractivity contribution is -0.384. The van der Waals surface area contributed by atoms with Crippen LogP contribution in [0.2, 0.25) is 0 Å². The highest BCUT2D eigenvalue weighted by molar-refractivity contribution is 8.18. The molecule has 1 aliphatic rings. The molecular weight excluding hydrogens is 512 g/mol. The molecule has 10 nitrogen and oxygen atoms in total. The molecule has 1 heterocycles. The fourth-order valence-corrected chi connectivity index (χ4v) is 4.33. The molecule has 1 saturated heterocycles. The van der Waals surface area contributed by atoms with Gasteiger partial charge in [-0.3, -0.25) is 24.6 Å². The number of amides is 2. The largest absolute Gasteiger partial charge is 0.492 e. The van der Waals surface area contributed by atoms with Crippen LogP contribution in [0, 0.1) is 10.1 Å². The zero-order chi connectivity index (χ0) is 27.1. The van der Waals surface area contributed by atoms with Gasteiger partial charge >= 0.3 is 5.97 Å². The number of thioether (sulfide) groups is 1. The van der Waals surface area contributed by atoms with Crippen LogP contribution in [0.3, 0.4) is 0 Å². The summed E-state index contributed by atoms with van der Waals surface area (Å²) >= 11 is 0.826. The van der Waals surface area contributed by atoms with Crippen molar-refractivity contribution in [2.24, 2.45) is 0 Å². The fraction of sp³-hybridized carbons (Fsp3) is 0.148. The molecule has 11 heteroatoms. The van der Waals surface area contributed by atoms with E-state index >= 15 is 0 Å². The molecule has 1 aliphatic heterocycles. The van der Waals surface area contributed by atoms with Gasteiger partial charge in [0.25, 0.3) is 16.8 Å². The lowest BCUT2D eigenvalue weighted by Crippen LogP contribution is -2.32. The van der Waals surface area contributed by atoms with Crippen molar-refractivity contribution in [3.63, 3.8) is 0 Å². The number of non-ortho nitro benzene ring substituents is 1. The number of hydrogen-bond donors (Lipinski definition) is 0. The zero-order valence-electron chi connectivity index (χ0n) is 20.2. The number of nitrogens with zero attached hydrogens (tertiary/aromatic N) is 2. The Hall–Kier alpha value is -4.64. The molecule has 194 valence electrons. The molecule has 0 N–H and O–H groups in total. The van der Waals surface area contributed by atoms with Crippen molar-refractivity contribution >= 4 is 40.6 Å². The van der Waals surface area contributed by atoms with Crippen molar-refractivity contribution in [3.05, 3.63) is 98.9 Å². The van der Waals surface area contributed by atoms with Gasteiger partial charge in [-0.2, -0.15) is 0 Å². The summed E-state index contributed by atoms with van der Waals surface area (Å²) in [6, 6.07) is 18.8. The van der Waals surface area contributed by atoms with Crippen LogP contribution in [0.1, 0.15) is 22.8 Å². The number of imide groups is 1. The molecule has 0 aliphatic carbocycles. The minimum atomic E-state index is -0.715. The van der Waals surface area contributed by atoms with Crippen LogP contribution in [0.25, 0.3) is 6.08 Å². The third-order valence-corrected chi connectivity index (χ3v) is 6.19. The van der Waals surface area contributed by atoms with Gasteiger partial charge in [-0.15, -0.1) is 0 Å². The summed E-state index contributed by atoms with van der Waals surface area (Å²) in [5, 5.41) is 10.4. The van der Waals surface area contributed by atoms with Gasteiger partial charge in [0.1, 0.15) is 12.4 Å². The summed E-state index contributed by atoms with van der Waals surface area (Å²) in [6.07, 6.45) is 1.56. The number of rotatable bonds is 10. The molecule has 4 rings (SSSR count). The van der Waals surface area contributed by atoms with Gasteiger partial charge in [0.05, 0.1) is 28.5 Å². The summed E-state index contributed by atoms with van der Waals surface area (Å²) in [5.74, 6) is -0.103. The van der Waals surface area contributed by atoms with Gasteiger partial charge in [0.15, 0.2) is 11.5 Å². The first kappa shape index (κ1) is 26.4. The maximum absolute atomic E-state index is 12.8. The molecule has 38 heavy (non-hydrogen) atoms. The summed E-state index contributed by atoms with van der Waals surface area (Å²) < 4.78 is 16.6. The summed E-state index contributed by atoms with van der Waals surface area (Å²) in [4.78, 5) is 49.4. The van der Waals surface area contributed by atoms with Crippen LogP contribution in [0.5, 0.6) is 17.2 Å². The van der Waals surface area contributed by atoms with Crippen molar-refractivity contribution in [2.75, 3.05) is 19.8 Å². The van der Waals surface area contributed by atoms with Gasteiger partial charge in [-0.05, 0) is 66.7 Å². The van der Waals surface area contributed by atoms with Crippen LogP contribution >= 0.6 is 11.8 Å². The molecule has 3 aromatic rings. The average molecular weight is 535 g/mol. The molecular formula is C27H22N2O8S. The van der Waals surface area contributed by atoms with Crippen molar-refractivity contribution in [1.29, 1.82) is 0 Å². The van der Waals surface area contributed by atoms with E-state index in [-0.39, 0.29) is 47.4 Å². The van der Waals surface area contributed by atoms with Crippen molar-refractivity contribution < 1.29 is 33.5 Å². The van der Waals surface area contributed by atoms with Gasteiger partial charge in [-0.25, -0.2) is 4.79 Å². The third kappa shape index (κ3) is 6.37. The van der Waals surface area contributed by atoms with Gasteiger partial charge in [0, 0.05) is 12.1 Å². The van der Waals surface area contributed by atoms with Crippen LogP contribution in [-0.2, 0) is 4.79 Å². The first-order valence-electron chi connectivity index (χ1n) is 11.5. The monoisotopic (exact) mass is 534 g/mol. The molecule has 0 radical (unpaired) electrons. The predicted octanol–water partition coefficient (Wildman–Crippen LogP) is 5.33. The highest BCUT2D eigenvalue weighted by Crippen LogP contribution is 2.35. The first-order valence-corrected chi connectivity index (χ1v) is 12.3. The second-order valence-corrected chi connectivity index (χ2v) is 8.82. The van der Waals surface area contributed by atoms with E-state index in [0.717, 1.165) is 16.7 Å². The maximum atomic E-state index is 12.8. The second kappa shape index (κ2) is 12.1. The number of hydrogen-bond acceptors (Lipinski definition) is 9. The number of carbonyl (C=O) groups is 3. The Morgan fingerprint density at radius 3 is 2.42 bits per heavy atom. The minimum Gasteiger partial charge on any atom is -0.492 e. The quantitative estimate of drug-likeness (QED) is 0.112. The number of nitro groups is 1. The van der Waals surface area contributed by atoms with E-state index in [2.05, 4.69) is 0 Å². The lowest BCUT2D eigenvalue weighted by Gasteiger charge is -2.13. The average Bonchev–Trinajstić information content (AvgIpc) is 3.18. The standard InChI is InChI=1S/C27H22N2O8S/c1-2-35-23-16-18(8-13-22(23)37-26(31)19-9-11-20(12-10-19)29(33)34)17-24-25(30)28(27(32)38-24)14-15-36-21-6-4-3-5-7-21/h3-13,16-17H,2,14-15H2,1H3/b24-17-. The molecule has 1 fully saturated rings. The number of carbonyl (C=O) groups excluding carboxylic acids is 3. The van der Waals surface area contributed by atoms with E-state index in [0.29, 0.717) is 11.3 Å². The Kier molecular flexibility index (Phi) is 8.39. The lowest BCUT2D eigenvalue weighted by atomic mass is 10.1. The topological polar surface area (TPSA) is 125 Å². The highest BCUT2D eigenvalue weighted by Gasteiger charge is 2.34. The van der Waals surface area contributed by atoms with Crippen LogP contribution < -0.4 is 14.2 Å². The number of benzene rings is 3. The Labute approximate surface area is 221 Å². The van der Waals surface area contributed by atoms with Crippen LogP contribution in [-0.4, -0.2) is 46.7 Å². The number of para-hydroxylation sites is 1. The van der Waals surface area contributed by atoms with E-state index < -0.39 is 22.0 Å². The summed E-state index contributed by atoms with van der Waals surface area (Å²) in [5.41, 5.74) is 0.552. The van der Waals surface area contributed by atoms with Gasteiger partial charge < -0.3 is 14.2 Å². The molecule has 2 amide bonds. The van der Waals surface area contributed by atoms with Gasteiger partial charge in [-0.1, -0.05) is 24.3 Å². The fourth-order valence-electron chi connectivity index (χ4n) is 3.46. The second-order valence-electron chi connectivity index (χ2n) is 7.83. The smallest absolute Gasteiger partial charge is 0.343 e. The molecule has 0 unspecified atom stereocenters. The molecule has 0 spiro atoms. The summed E-state index contributed by atoms with van der Waals surface area (Å²) in [6.45, 7) is 2.32. The predicted molar refractivity (Wildman–Crippen MR) is 140 cm³/mol. The third-order valence-electron chi connectivity index (χ3n) is 5.28. The minimum absolute atomic E-state index is 0.110. The van der Waals surface area contributed by atoms with E-state index in [1.807, 2.05) is 18.2 Å². The molecule has 0 atom stereocenters. The van der Waals surface area contributed by atoms with E-state index in [1.165, 1.54) is 30.3 Å². The van der Waals surface area contributed by atoms with Crippen molar-refractivity contribution in [3.8, 4) is 17.2 Å². The number of ether oxygens (including phenoxy) is 3. The van der Waals surface area contributed by atoms with Gasteiger partial charge in [0.2, 0.25) is 0 Å². The highest BCUT2D eigenvalue weighted by atomic mass is 32.2. The van der Waals surface area contributed by atoms with Crippen LogP contribution in [0.4, 0.5) is 10.5 Å². The Morgan fingerprint density at radius 2 is 1.74 bits per heavy atom. The number of nitro benzene ring substituents is 1. The van der Waals surface area contributed by atoms with Crippen molar-refractivity contribution in [2.45, 2.75) is 6.92 Å². The molecule has 3 aromatic carbocycles. The van der Waals surface area contributed by atoms with Crippen LogP contribution in [0.15, 0.2) is 77.7 Å². The SMILES string of the molecule is CCOc1cc(/C=C2\SC(=O)N(CCOc3ccccc3)C2=O)ccc1OC(=O)c1ccc([N+](=O)[O-])cc1. The van der Waals surface area contributed by atoms with E-state index in [4.69, 9.17) is 14.2 Å². The summed E-state index contributed by atoms with van der Waals surface area (Å²) in [7, 11) is 0. The Bertz CT molecular complexity index is 1390. The van der Waals surface area contributed by atoms with E-state index in [1.54, 1.807) is 37.3 Å². The molecule has 0 saturated carbocycles. The van der Waals surface area contributed by atoms with Crippen molar-refractivity contribution in [1.82, 2.24) is 4.90 Å². The molecule has 0 aromatic heterocycles. The normalized spacial score (nSPS) is 14.0. The zero-order valence-corrected chi connectivity index (χ0v) is 21.0. The Balaban J connectivity index is 1.45. The number of esters is 1.